The molecule has 0 fully saturated rings. The number of hydrogen-bond acceptors (Lipinski definition) is 2. The first-order valence-electron chi connectivity index (χ1n) is 3.50. The molecular formula is C9H5BrFNO. The second-order valence-electron chi connectivity index (χ2n) is 2.39. The summed E-state index contributed by atoms with van der Waals surface area (Å²) in [6, 6.07) is 5.75. The molecule has 0 unspecified atom stereocenters. The van der Waals surface area contributed by atoms with Gasteiger partial charge >= 0.3 is 0 Å². The molecule has 0 saturated heterocycles. The van der Waals surface area contributed by atoms with Gasteiger partial charge in [0, 0.05) is 5.56 Å². The molecule has 0 saturated carbocycles. The molecule has 0 spiro atoms. The fourth-order valence-electron chi connectivity index (χ4n) is 0.843. The zero-order valence-electron chi connectivity index (χ0n) is 6.55. The fraction of sp³-hybridized carbons (Fsp3) is 0.111. The van der Waals surface area contributed by atoms with Crippen LogP contribution in [0.25, 0.3) is 0 Å². The van der Waals surface area contributed by atoms with Gasteiger partial charge < -0.3 is 0 Å². The largest absolute Gasteiger partial charge is 0.293 e. The summed E-state index contributed by atoms with van der Waals surface area (Å²) >= 11 is 2.97. The number of carbonyl (C=O) groups is 1. The lowest BCUT2D eigenvalue weighted by Gasteiger charge is -1.97. The van der Waals surface area contributed by atoms with Crippen LogP contribution in [0, 0.1) is 17.1 Å². The van der Waals surface area contributed by atoms with Crippen LogP contribution in [0.5, 0.6) is 0 Å². The van der Waals surface area contributed by atoms with Gasteiger partial charge in [-0.2, -0.15) is 5.26 Å². The highest BCUT2D eigenvalue weighted by molar-refractivity contribution is 9.10. The summed E-state index contributed by atoms with van der Waals surface area (Å²) in [7, 11) is 0. The van der Waals surface area contributed by atoms with Crippen molar-refractivity contribution in [3.05, 3.63) is 34.1 Å². The normalized spacial score (nSPS) is 9.31. The number of carbonyl (C=O) groups excluding carboxylic acids is 1. The number of hydrogen-bond donors (Lipinski definition) is 0. The van der Waals surface area contributed by atoms with Crippen molar-refractivity contribution in [1.29, 1.82) is 5.26 Å². The average molecular weight is 242 g/mol. The fourth-order valence-corrected chi connectivity index (χ4v) is 1.09. The molecule has 4 heteroatoms. The lowest BCUT2D eigenvalue weighted by Crippen LogP contribution is -1.97. The summed E-state index contributed by atoms with van der Waals surface area (Å²) in [5, 5.41) is 8.25. The molecule has 66 valence electrons. The molecule has 0 radical (unpaired) electrons. The Morgan fingerprint density at radius 1 is 1.62 bits per heavy atom. The van der Waals surface area contributed by atoms with Gasteiger partial charge in [-0.15, -0.1) is 0 Å². The van der Waals surface area contributed by atoms with Crippen molar-refractivity contribution < 1.29 is 9.18 Å². The van der Waals surface area contributed by atoms with Crippen LogP contribution in [0.2, 0.25) is 0 Å². The molecule has 0 bridgehead atoms. The van der Waals surface area contributed by atoms with Crippen LogP contribution in [0.15, 0.2) is 22.7 Å². The molecule has 2 nitrogen and oxygen atoms in total. The van der Waals surface area contributed by atoms with Crippen molar-refractivity contribution in [3.63, 3.8) is 0 Å². The van der Waals surface area contributed by atoms with Crippen LogP contribution < -0.4 is 0 Å². The quantitative estimate of drug-likeness (QED) is 0.748. The average Bonchev–Trinajstić information content (AvgIpc) is 2.10. The number of Topliss-reactive ketones (excluding diaryl/α,β-unsaturated/α-hetero) is 1. The van der Waals surface area contributed by atoms with Crippen LogP contribution in [-0.2, 0) is 0 Å². The van der Waals surface area contributed by atoms with Crippen molar-refractivity contribution in [2.24, 2.45) is 0 Å². The smallest absolute Gasteiger partial charge is 0.176 e. The molecule has 1 aromatic rings. The van der Waals surface area contributed by atoms with Gasteiger partial charge in [0.2, 0.25) is 0 Å². The minimum absolute atomic E-state index is 0.221. The van der Waals surface area contributed by atoms with E-state index in [0.29, 0.717) is 4.47 Å². The monoisotopic (exact) mass is 241 g/mol. The van der Waals surface area contributed by atoms with E-state index in [1.807, 2.05) is 0 Å². The Kier molecular flexibility index (Phi) is 3.15. The van der Waals surface area contributed by atoms with E-state index in [0.717, 1.165) is 6.07 Å². The van der Waals surface area contributed by atoms with Crippen LogP contribution in [0.3, 0.4) is 0 Å². The van der Waals surface area contributed by atoms with Crippen molar-refractivity contribution in [2.45, 2.75) is 6.42 Å². The van der Waals surface area contributed by atoms with E-state index in [9.17, 15) is 9.18 Å². The highest BCUT2D eigenvalue weighted by atomic mass is 79.9. The molecule has 0 aromatic heterocycles. The lowest BCUT2D eigenvalue weighted by molar-refractivity contribution is 0.0997. The van der Waals surface area contributed by atoms with Gasteiger partial charge in [0.25, 0.3) is 0 Å². The van der Waals surface area contributed by atoms with Gasteiger partial charge in [0.1, 0.15) is 5.82 Å². The number of rotatable bonds is 2. The number of benzene rings is 1. The lowest BCUT2D eigenvalue weighted by atomic mass is 10.1. The highest BCUT2D eigenvalue weighted by Crippen LogP contribution is 2.17. The first kappa shape index (κ1) is 9.87. The minimum atomic E-state index is -0.496. The molecule has 0 aliphatic rings. The van der Waals surface area contributed by atoms with Crippen LogP contribution in [-0.4, -0.2) is 5.78 Å². The molecule has 0 atom stereocenters. The SMILES string of the molecule is N#CCC(=O)c1ccc(Br)c(F)c1. The third-order valence-corrected chi connectivity index (χ3v) is 2.12. The van der Waals surface area contributed by atoms with E-state index >= 15 is 0 Å². The van der Waals surface area contributed by atoms with Gasteiger partial charge in [-0.1, -0.05) is 6.07 Å². The summed E-state index contributed by atoms with van der Waals surface area (Å²) in [6.07, 6.45) is -0.221. The minimum Gasteiger partial charge on any atom is -0.293 e. The Labute approximate surface area is 83.1 Å². The van der Waals surface area contributed by atoms with Gasteiger partial charge in [-0.25, -0.2) is 4.39 Å². The Morgan fingerprint density at radius 2 is 2.31 bits per heavy atom. The van der Waals surface area contributed by atoms with Gasteiger partial charge in [-0.3, -0.25) is 4.79 Å². The van der Waals surface area contributed by atoms with Crippen molar-refractivity contribution >= 4 is 21.7 Å². The van der Waals surface area contributed by atoms with Crippen molar-refractivity contribution in [1.82, 2.24) is 0 Å². The highest BCUT2D eigenvalue weighted by Gasteiger charge is 2.07. The molecular weight excluding hydrogens is 237 g/mol. The number of nitriles is 1. The van der Waals surface area contributed by atoms with E-state index in [1.165, 1.54) is 12.1 Å². The van der Waals surface area contributed by atoms with E-state index in [4.69, 9.17) is 5.26 Å². The van der Waals surface area contributed by atoms with Gasteiger partial charge in [-0.05, 0) is 28.1 Å². The maximum absolute atomic E-state index is 12.9. The first-order chi connectivity index (χ1) is 6.15. The zero-order chi connectivity index (χ0) is 9.84. The number of ketones is 1. The molecule has 0 N–H and O–H groups in total. The maximum atomic E-state index is 12.9. The Hall–Kier alpha value is -1.21. The third-order valence-electron chi connectivity index (χ3n) is 1.48. The molecule has 1 aromatic carbocycles. The summed E-state index contributed by atoms with van der Waals surface area (Å²) in [5.41, 5.74) is 0.224. The molecule has 0 amide bonds. The predicted octanol–water partition coefficient (Wildman–Crippen LogP) is 2.68. The molecule has 13 heavy (non-hydrogen) atoms. The third kappa shape index (κ3) is 2.36. The Balaban J connectivity index is 2.98. The first-order valence-corrected chi connectivity index (χ1v) is 4.29. The van der Waals surface area contributed by atoms with Crippen molar-refractivity contribution in [3.8, 4) is 6.07 Å². The summed E-state index contributed by atoms with van der Waals surface area (Å²) in [6.45, 7) is 0. The summed E-state index contributed by atoms with van der Waals surface area (Å²) in [4.78, 5) is 11.1. The van der Waals surface area contributed by atoms with E-state index in [-0.39, 0.29) is 17.8 Å². The summed E-state index contributed by atoms with van der Waals surface area (Å²) < 4.78 is 13.2. The van der Waals surface area contributed by atoms with Gasteiger partial charge in [0.05, 0.1) is 17.0 Å². The van der Waals surface area contributed by atoms with E-state index < -0.39 is 5.82 Å². The Bertz CT molecular complexity index is 384. The topological polar surface area (TPSA) is 40.9 Å². The van der Waals surface area contributed by atoms with Gasteiger partial charge in [0.15, 0.2) is 5.78 Å². The summed E-state index contributed by atoms with van der Waals surface area (Å²) in [5.74, 6) is -0.863. The van der Waals surface area contributed by atoms with Crippen LogP contribution in [0.1, 0.15) is 16.8 Å². The molecule has 0 aliphatic carbocycles. The second-order valence-corrected chi connectivity index (χ2v) is 3.24. The zero-order valence-corrected chi connectivity index (χ0v) is 8.14. The molecule has 1 rings (SSSR count). The predicted molar refractivity (Wildman–Crippen MR) is 48.7 cm³/mol. The van der Waals surface area contributed by atoms with E-state index in [1.54, 1.807) is 6.07 Å². The molecule has 0 aliphatic heterocycles. The number of halogens is 2. The maximum Gasteiger partial charge on any atom is 0.176 e. The Morgan fingerprint density at radius 3 is 2.85 bits per heavy atom. The van der Waals surface area contributed by atoms with E-state index in [2.05, 4.69) is 15.9 Å². The number of nitrogens with zero attached hydrogens (tertiary/aromatic N) is 1. The van der Waals surface area contributed by atoms with Crippen LogP contribution >= 0.6 is 15.9 Å². The second kappa shape index (κ2) is 4.15. The standard InChI is InChI=1S/C9H5BrFNO/c10-7-2-1-6(5-8(7)11)9(13)3-4-12/h1-2,5H,3H2. The van der Waals surface area contributed by atoms with Crippen LogP contribution in [0.4, 0.5) is 4.39 Å². The molecule has 0 heterocycles. The van der Waals surface area contributed by atoms with Crippen molar-refractivity contribution in [2.75, 3.05) is 0 Å².